The van der Waals surface area contributed by atoms with E-state index in [0.29, 0.717) is 11.5 Å². The molecule has 2 rings (SSSR count). The van der Waals surface area contributed by atoms with Crippen molar-refractivity contribution < 1.29 is 9.34 Å². The van der Waals surface area contributed by atoms with Gasteiger partial charge >= 0.3 is 5.69 Å². The van der Waals surface area contributed by atoms with Crippen molar-refractivity contribution in [3.63, 3.8) is 0 Å². The quantitative estimate of drug-likeness (QED) is 0.686. The summed E-state index contributed by atoms with van der Waals surface area (Å²) in [6.45, 7) is 7.31. The fraction of sp³-hybridized carbons (Fsp3) is 0.462. The normalized spacial score (nSPS) is 12.4. The van der Waals surface area contributed by atoms with Gasteiger partial charge in [-0.1, -0.05) is 0 Å². The summed E-state index contributed by atoms with van der Waals surface area (Å²) in [6.07, 6.45) is 0. The Morgan fingerprint density at radius 1 is 1.45 bits per heavy atom. The highest BCUT2D eigenvalue weighted by atomic mass is 16.6. The van der Waals surface area contributed by atoms with Crippen molar-refractivity contribution in [2.45, 2.75) is 33.7 Å². The highest BCUT2D eigenvalue weighted by Crippen LogP contribution is 2.31. The monoisotopic (exact) mass is 278 g/mol. The molecule has 0 fully saturated rings. The van der Waals surface area contributed by atoms with E-state index in [1.54, 1.807) is 14.0 Å². The first-order valence-corrected chi connectivity index (χ1v) is 6.32. The summed E-state index contributed by atoms with van der Waals surface area (Å²) >= 11 is 0. The maximum Gasteiger partial charge on any atom is 0.333 e. The zero-order valence-corrected chi connectivity index (χ0v) is 12.2. The number of nitro groups is 1. The number of aryl methyl sites for hydroxylation is 4. The van der Waals surface area contributed by atoms with Crippen LogP contribution in [-0.2, 0) is 7.05 Å². The van der Waals surface area contributed by atoms with E-state index in [0.717, 1.165) is 17.1 Å². The topological polar surface area (TPSA) is 86.1 Å². The van der Waals surface area contributed by atoms with Gasteiger partial charge in [0.05, 0.1) is 11.0 Å². The smallest absolute Gasteiger partial charge is 0.333 e. The zero-order chi connectivity index (χ0) is 15.0. The SMILES string of the molecule is Cc1cc(C(C)Nc2c([N+](=O)[O-])c(C)nn2C)c(C)o1. The minimum absolute atomic E-state index is 0.0113. The Kier molecular flexibility index (Phi) is 3.52. The molecule has 0 aliphatic heterocycles. The van der Waals surface area contributed by atoms with Crippen LogP contribution in [0.3, 0.4) is 0 Å². The molecule has 0 aliphatic carbocycles. The average molecular weight is 278 g/mol. The largest absolute Gasteiger partial charge is 0.466 e. The predicted molar refractivity (Wildman–Crippen MR) is 74.8 cm³/mol. The molecular weight excluding hydrogens is 260 g/mol. The molecule has 2 aromatic rings. The summed E-state index contributed by atoms with van der Waals surface area (Å²) in [6, 6.07) is 1.82. The molecule has 0 saturated carbocycles. The van der Waals surface area contributed by atoms with Crippen molar-refractivity contribution in [2.24, 2.45) is 7.05 Å². The predicted octanol–water partition coefficient (Wildman–Crippen LogP) is 3.02. The number of nitrogens with zero attached hydrogens (tertiary/aromatic N) is 3. The first-order valence-electron chi connectivity index (χ1n) is 6.32. The molecule has 0 amide bonds. The Hall–Kier alpha value is -2.31. The van der Waals surface area contributed by atoms with Gasteiger partial charge < -0.3 is 9.73 Å². The van der Waals surface area contributed by atoms with E-state index in [2.05, 4.69) is 10.4 Å². The van der Waals surface area contributed by atoms with Crippen LogP contribution < -0.4 is 5.32 Å². The lowest BCUT2D eigenvalue weighted by Crippen LogP contribution is -2.11. The Morgan fingerprint density at radius 2 is 2.10 bits per heavy atom. The number of hydrogen-bond donors (Lipinski definition) is 1. The molecule has 1 N–H and O–H groups in total. The molecule has 0 saturated heterocycles. The molecule has 2 aromatic heterocycles. The first-order chi connectivity index (χ1) is 9.31. The molecule has 20 heavy (non-hydrogen) atoms. The fourth-order valence-electron chi connectivity index (χ4n) is 2.39. The molecule has 108 valence electrons. The van der Waals surface area contributed by atoms with Gasteiger partial charge in [-0.2, -0.15) is 5.10 Å². The fourth-order valence-corrected chi connectivity index (χ4v) is 2.39. The number of nitrogens with one attached hydrogen (secondary N) is 1. The van der Waals surface area contributed by atoms with E-state index in [1.165, 1.54) is 4.68 Å². The number of rotatable bonds is 4. The van der Waals surface area contributed by atoms with Crippen LogP contribution in [0.25, 0.3) is 0 Å². The second-order valence-corrected chi connectivity index (χ2v) is 4.90. The molecule has 7 heteroatoms. The summed E-state index contributed by atoms with van der Waals surface area (Å²) in [5, 5.41) is 18.4. The molecule has 0 aromatic carbocycles. The minimum Gasteiger partial charge on any atom is -0.466 e. The molecule has 1 unspecified atom stereocenters. The van der Waals surface area contributed by atoms with Crippen LogP contribution in [0.4, 0.5) is 11.5 Å². The van der Waals surface area contributed by atoms with Gasteiger partial charge in [0.25, 0.3) is 0 Å². The lowest BCUT2D eigenvalue weighted by atomic mass is 10.1. The minimum atomic E-state index is -0.412. The Bertz CT molecular complexity index is 657. The third-order valence-electron chi connectivity index (χ3n) is 3.27. The van der Waals surface area contributed by atoms with Gasteiger partial charge in [-0.25, -0.2) is 4.68 Å². The lowest BCUT2D eigenvalue weighted by molar-refractivity contribution is -0.384. The van der Waals surface area contributed by atoms with Gasteiger partial charge in [-0.3, -0.25) is 10.1 Å². The Balaban J connectivity index is 2.35. The van der Waals surface area contributed by atoms with Crippen molar-refractivity contribution in [1.82, 2.24) is 9.78 Å². The summed E-state index contributed by atoms with van der Waals surface area (Å²) < 4.78 is 6.98. The average Bonchev–Trinajstić information content (AvgIpc) is 2.79. The van der Waals surface area contributed by atoms with E-state index >= 15 is 0 Å². The second kappa shape index (κ2) is 4.99. The highest BCUT2D eigenvalue weighted by Gasteiger charge is 2.26. The summed E-state index contributed by atoms with van der Waals surface area (Å²) in [5.41, 5.74) is 1.39. The lowest BCUT2D eigenvalue weighted by Gasteiger charge is -2.14. The van der Waals surface area contributed by atoms with Gasteiger partial charge in [0, 0.05) is 12.6 Å². The van der Waals surface area contributed by atoms with Crippen LogP contribution in [0.1, 0.15) is 35.7 Å². The number of hydrogen-bond acceptors (Lipinski definition) is 5. The molecule has 1 atom stereocenters. The number of anilines is 1. The van der Waals surface area contributed by atoms with E-state index < -0.39 is 4.92 Å². The van der Waals surface area contributed by atoms with E-state index in [4.69, 9.17) is 4.42 Å². The Labute approximate surface area is 116 Å². The van der Waals surface area contributed by atoms with Crippen LogP contribution in [0.5, 0.6) is 0 Å². The second-order valence-electron chi connectivity index (χ2n) is 4.90. The zero-order valence-electron chi connectivity index (χ0n) is 12.2. The molecule has 0 aliphatic rings. The maximum absolute atomic E-state index is 11.1. The van der Waals surface area contributed by atoms with Crippen LogP contribution in [-0.4, -0.2) is 14.7 Å². The van der Waals surface area contributed by atoms with Crippen molar-refractivity contribution >= 4 is 11.5 Å². The van der Waals surface area contributed by atoms with Crippen LogP contribution in [0.2, 0.25) is 0 Å². The van der Waals surface area contributed by atoms with Crippen LogP contribution in [0, 0.1) is 30.9 Å². The van der Waals surface area contributed by atoms with Gasteiger partial charge in [-0.15, -0.1) is 0 Å². The van der Waals surface area contributed by atoms with E-state index in [1.807, 2.05) is 26.8 Å². The summed E-state index contributed by atoms with van der Waals surface area (Å²) in [5.74, 6) is 2.03. The molecule has 0 spiro atoms. The molecule has 7 nitrogen and oxygen atoms in total. The van der Waals surface area contributed by atoms with Crippen molar-refractivity contribution in [3.05, 3.63) is 39.0 Å². The summed E-state index contributed by atoms with van der Waals surface area (Å²) in [4.78, 5) is 10.7. The molecule has 0 bridgehead atoms. The maximum atomic E-state index is 11.1. The number of furan rings is 1. The Morgan fingerprint density at radius 3 is 2.60 bits per heavy atom. The number of aromatic nitrogens is 2. The van der Waals surface area contributed by atoms with Gasteiger partial charge in [-0.05, 0) is 33.8 Å². The first kappa shape index (κ1) is 14.1. The molecular formula is C13H18N4O3. The third kappa shape index (κ3) is 2.38. The van der Waals surface area contributed by atoms with Crippen molar-refractivity contribution in [2.75, 3.05) is 5.32 Å². The summed E-state index contributed by atoms with van der Waals surface area (Å²) in [7, 11) is 1.68. The van der Waals surface area contributed by atoms with Crippen LogP contribution >= 0.6 is 0 Å². The molecule has 2 heterocycles. The van der Waals surface area contributed by atoms with E-state index in [-0.39, 0.29) is 11.7 Å². The van der Waals surface area contributed by atoms with Gasteiger partial charge in [0.2, 0.25) is 5.82 Å². The third-order valence-corrected chi connectivity index (χ3v) is 3.27. The highest BCUT2D eigenvalue weighted by molar-refractivity contribution is 5.60. The van der Waals surface area contributed by atoms with Crippen molar-refractivity contribution in [1.29, 1.82) is 0 Å². The molecule has 0 radical (unpaired) electrons. The van der Waals surface area contributed by atoms with E-state index in [9.17, 15) is 10.1 Å². The van der Waals surface area contributed by atoms with Gasteiger partial charge in [0.15, 0.2) is 0 Å². The standard InChI is InChI=1S/C13H18N4O3/c1-7-6-11(10(4)20-7)8(2)14-13-12(17(18)19)9(3)15-16(13)5/h6,8,14H,1-5H3. The van der Waals surface area contributed by atoms with Gasteiger partial charge in [0.1, 0.15) is 17.2 Å². The van der Waals surface area contributed by atoms with Crippen molar-refractivity contribution in [3.8, 4) is 0 Å². The van der Waals surface area contributed by atoms with Crippen LogP contribution in [0.15, 0.2) is 10.5 Å².